The molecule has 0 saturated heterocycles. The number of hydrogen-bond donors (Lipinski definition) is 2. The molecular formula is C12H11NO2. The Hall–Kier alpha value is -2.03. The molecule has 0 heterocycles. The van der Waals surface area contributed by atoms with Gasteiger partial charge in [0.25, 0.3) is 0 Å². The molecule has 15 heavy (non-hydrogen) atoms. The maximum atomic E-state index is 10.7. The predicted molar refractivity (Wildman–Crippen MR) is 59.7 cm³/mol. The summed E-state index contributed by atoms with van der Waals surface area (Å²) in [6.45, 7) is 0. The van der Waals surface area contributed by atoms with Crippen molar-refractivity contribution in [2.75, 3.05) is 5.73 Å². The van der Waals surface area contributed by atoms with Gasteiger partial charge in [0.15, 0.2) is 0 Å². The molecule has 0 aliphatic rings. The van der Waals surface area contributed by atoms with Crippen LogP contribution in [-0.4, -0.2) is 11.1 Å². The van der Waals surface area contributed by atoms with E-state index in [2.05, 4.69) is 0 Å². The van der Waals surface area contributed by atoms with E-state index in [9.17, 15) is 4.79 Å². The second kappa shape index (κ2) is 3.61. The van der Waals surface area contributed by atoms with E-state index in [-0.39, 0.29) is 6.42 Å². The molecule has 0 fully saturated rings. The number of hydrogen-bond acceptors (Lipinski definition) is 2. The highest BCUT2D eigenvalue weighted by Crippen LogP contribution is 2.24. The van der Waals surface area contributed by atoms with Crippen LogP contribution in [-0.2, 0) is 11.2 Å². The standard InChI is InChI=1S/C12H11NO2/c13-11-6-2-4-9-8(7-12(14)15)3-1-5-10(9)11/h1-6H,7,13H2,(H,14,15). The van der Waals surface area contributed by atoms with Crippen LogP contribution < -0.4 is 5.73 Å². The number of fused-ring (bicyclic) bond motifs is 1. The Balaban J connectivity index is 2.65. The lowest BCUT2D eigenvalue weighted by Crippen LogP contribution is -2.00. The molecular weight excluding hydrogens is 190 g/mol. The Labute approximate surface area is 87.1 Å². The van der Waals surface area contributed by atoms with E-state index in [4.69, 9.17) is 10.8 Å². The van der Waals surface area contributed by atoms with Crippen molar-refractivity contribution in [1.82, 2.24) is 0 Å². The molecule has 0 amide bonds. The first-order valence-corrected chi connectivity index (χ1v) is 4.66. The minimum absolute atomic E-state index is 0.0286. The van der Waals surface area contributed by atoms with E-state index in [1.54, 1.807) is 0 Å². The van der Waals surface area contributed by atoms with Crippen molar-refractivity contribution >= 4 is 22.4 Å². The number of rotatable bonds is 2. The van der Waals surface area contributed by atoms with Gasteiger partial charge < -0.3 is 10.8 Å². The summed E-state index contributed by atoms with van der Waals surface area (Å²) < 4.78 is 0. The molecule has 0 radical (unpaired) electrons. The highest BCUT2D eigenvalue weighted by atomic mass is 16.4. The lowest BCUT2D eigenvalue weighted by Gasteiger charge is -2.05. The molecule has 2 aromatic carbocycles. The minimum Gasteiger partial charge on any atom is -0.481 e. The zero-order valence-corrected chi connectivity index (χ0v) is 8.10. The van der Waals surface area contributed by atoms with Crippen LogP contribution in [0.2, 0.25) is 0 Å². The van der Waals surface area contributed by atoms with Gasteiger partial charge in [-0.05, 0) is 17.0 Å². The van der Waals surface area contributed by atoms with Gasteiger partial charge in [-0.1, -0.05) is 30.3 Å². The van der Waals surface area contributed by atoms with Gasteiger partial charge in [-0.25, -0.2) is 0 Å². The van der Waals surface area contributed by atoms with Gasteiger partial charge in [0.05, 0.1) is 6.42 Å². The van der Waals surface area contributed by atoms with Gasteiger partial charge in [-0.3, -0.25) is 4.79 Å². The van der Waals surface area contributed by atoms with Crippen molar-refractivity contribution in [3.05, 3.63) is 42.0 Å². The summed E-state index contributed by atoms with van der Waals surface area (Å²) >= 11 is 0. The molecule has 0 atom stereocenters. The molecule has 3 N–H and O–H groups in total. The molecule has 2 rings (SSSR count). The SMILES string of the molecule is Nc1cccc2c(CC(=O)O)cccc12. The Morgan fingerprint density at radius 2 is 1.80 bits per heavy atom. The monoisotopic (exact) mass is 201 g/mol. The summed E-state index contributed by atoms with van der Waals surface area (Å²) in [5.41, 5.74) is 7.29. The number of anilines is 1. The maximum Gasteiger partial charge on any atom is 0.307 e. The Bertz CT molecular complexity index is 520. The molecule has 0 aliphatic carbocycles. The van der Waals surface area contributed by atoms with Gasteiger partial charge in [-0.15, -0.1) is 0 Å². The maximum absolute atomic E-state index is 10.7. The summed E-state index contributed by atoms with van der Waals surface area (Å²) in [6, 6.07) is 11.1. The van der Waals surface area contributed by atoms with Crippen molar-refractivity contribution in [3.8, 4) is 0 Å². The van der Waals surface area contributed by atoms with Crippen molar-refractivity contribution in [2.45, 2.75) is 6.42 Å². The van der Waals surface area contributed by atoms with Crippen molar-refractivity contribution < 1.29 is 9.90 Å². The lowest BCUT2D eigenvalue weighted by molar-refractivity contribution is -0.136. The lowest BCUT2D eigenvalue weighted by atomic mass is 10.0. The van der Waals surface area contributed by atoms with Crippen LogP contribution in [0.5, 0.6) is 0 Å². The second-order valence-corrected chi connectivity index (χ2v) is 3.43. The third kappa shape index (κ3) is 1.76. The van der Waals surface area contributed by atoms with Gasteiger partial charge in [0.2, 0.25) is 0 Å². The fourth-order valence-corrected chi connectivity index (χ4v) is 1.72. The fraction of sp³-hybridized carbons (Fsp3) is 0.0833. The van der Waals surface area contributed by atoms with Crippen LogP contribution in [0.4, 0.5) is 5.69 Å². The van der Waals surface area contributed by atoms with E-state index < -0.39 is 5.97 Å². The van der Waals surface area contributed by atoms with Gasteiger partial charge in [0, 0.05) is 11.1 Å². The van der Waals surface area contributed by atoms with E-state index in [1.165, 1.54) is 0 Å². The molecule has 0 unspecified atom stereocenters. The third-order valence-electron chi connectivity index (χ3n) is 2.39. The van der Waals surface area contributed by atoms with Crippen molar-refractivity contribution in [1.29, 1.82) is 0 Å². The first-order valence-electron chi connectivity index (χ1n) is 4.66. The Morgan fingerprint density at radius 1 is 1.13 bits per heavy atom. The van der Waals surface area contributed by atoms with Crippen LogP contribution in [0.15, 0.2) is 36.4 Å². The minimum atomic E-state index is -0.829. The predicted octanol–water partition coefficient (Wildman–Crippen LogP) is 2.05. The Kier molecular flexibility index (Phi) is 2.29. The van der Waals surface area contributed by atoms with Crippen LogP contribution in [0.3, 0.4) is 0 Å². The fourth-order valence-electron chi connectivity index (χ4n) is 1.72. The molecule has 3 heteroatoms. The Morgan fingerprint density at radius 3 is 2.53 bits per heavy atom. The molecule has 0 spiro atoms. The largest absolute Gasteiger partial charge is 0.481 e. The summed E-state index contributed by atoms with van der Waals surface area (Å²) in [7, 11) is 0. The highest BCUT2D eigenvalue weighted by Gasteiger charge is 2.05. The van der Waals surface area contributed by atoms with Crippen molar-refractivity contribution in [3.63, 3.8) is 0 Å². The third-order valence-corrected chi connectivity index (χ3v) is 2.39. The zero-order chi connectivity index (χ0) is 10.8. The first kappa shape index (κ1) is 9.52. The van der Waals surface area contributed by atoms with Crippen LogP contribution in [0.25, 0.3) is 10.8 Å². The van der Waals surface area contributed by atoms with Crippen LogP contribution in [0.1, 0.15) is 5.56 Å². The number of carbonyl (C=O) groups is 1. The normalized spacial score (nSPS) is 10.4. The highest BCUT2D eigenvalue weighted by molar-refractivity contribution is 5.96. The van der Waals surface area contributed by atoms with Gasteiger partial charge >= 0.3 is 5.97 Å². The summed E-state index contributed by atoms with van der Waals surface area (Å²) in [4.78, 5) is 10.7. The quantitative estimate of drug-likeness (QED) is 0.731. The van der Waals surface area contributed by atoms with E-state index in [1.807, 2.05) is 36.4 Å². The topological polar surface area (TPSA) is 63.3 Å². The number of carboxylic acids is 1. The number of aliphatic carboxylic acids is 1. The number of nitrogens with two attached hydrogens (primary N) is 1. The molecule has 0 aromatic heterocycles. The zero-order valence-electron chi connectivity index (χ0n) is 8.10. The van der Waals surface area contributed by atoms with Crippen LogP contribution in [0, 0.1) is 0 Å². The van der Waals surface area contributed by atoms with Crippen LogP contribution >= 0.6 is 0 Å². The smallest absolute Gasteiger partial charge is 0.307 e. The molecule has 2 aromatic rings. The first-order chi connectivity index (χ1) is 7.18. The molecule has 76 valence electrons. The second-order valence-electron chi connectivity index (χ2n) is 3.43. The summed E-state index contributed by atoms with van der Waals surface area (Å²) in [6.07, 6.45) is 0.0286. The molecule has 0 saturated carbocycles. The summed E-state index contributed by atoms with van der Waals surface area (Å²) in [5.74, 6) is -0.829. The van der Waals surface area contributed by atoms with E-state index in [0.717, 1.165) is 16.3 Å². The molecule has 0 aliphatic heterocycles. The van der Waals surface area contributed by atoms with Gasteiger partial charge in [0.1, 0.15) is 0 Å². The van der Waals surface area contributed by atoms with Crippen molar-refractivity contribution in [2.24, 2.45) is 0 Å². The summed E-state index contributed by atoms with van der Waals surface area (Å²) in [5, 5.41) is 10.6. The average molecular weight is 201 g/mol. The number of carboxylic acid groups (broad SMARTS) is 1. The molecule has 0 bridgehead atoms. The number of benzene rings is 2. The van der Waals surface area contributed by atoms with Gasteiger partial charge in [-0.2, -0.15) is 0 Å². The van der Waals surface area contributed by atoms with E-state index in [0.29, 0.717) is 5.69 Å². The van der Waals surface area contributed by atoms with E-state index >= 15 is 0 Å². The molecule has 3 nitrogen and oxygen atoms in total. The number of nitrogen functional groups attached to an aromatic ring is 1. The average Bonchev–Trinajstić information content (AvgIpc) is 2.19.